The highest BCUT2D eigenvalue weighted by molar-refractivity contribution is 5.76. The number of likely N-dealkylation sites (N-methyl/N-ethyl adjacent to an activating group) is 1. The molecule has 0 atom stereocenters. The van der Waals surface area contributed by atoms with E-state index in [-0.39, 0.29) is 12.5 Å². The molecule has 1 N–H and O–H groups in total. The van der Waals surface area contributed by atoms with E-state index in [4.69, 9.17) is 9.84 Å². The molecule has 0 saturated carbocycles. The van der Waals surface area contributed by atoms with Gasteiger partial charge in [0.05, 0.1) is 13.7 Å². The lowest BCUT2D eigenvalue weighted by atomic mass is 10.1. The number of aryl methyl sites for hydroxylation is 1. The van der Waals surface area contributed by atoms with E-state index in [0.29, 0.717) is 19.4 Å². The van der Waals surface area contributed by atoms with Gasteiger partial charge in [-0.25, -0.2) is 0 Å². The van der Waals surface area contributed by atoms with Crippen LogP contribution in [0.3, 0.4) is 0 Å². The van der Waals surface area contributed by atoms with E-state index in [1.807, 2.05) is 24.3 Å². The highest BCUT2D eigenvalue weighted by Crippen LogP contribution is 2.12. The van der Waals surface area contributed by atoms with E-state index in [1.165, 1.54) is 0 Å². The van der Waals surface area contributed by atoms with Gasteiger partial charge in [-0.2, -0.15) is 0 Å². The van der Waals surface area contributed by atoms with Crippen LogP contribution in [-0.4, -0.2) is 43.2 Å². The van der Waals surface area contributed by atoms with Crippen LogP contribution in [0.15, 0.2) is 24.3 Å². The fourth-order valence-electron chi connectivity index (χ4n) is 1.51. The van der Waals surface area contributed by atoms with Crippen molar-refractivity contribution in [2.24, 2.45) is 0 Å². The molecule has 1 rings (SSSR count). The zero-order chi connectivity index (χ0) is 12.7. The molecule has 4 heteroatoms. The number of hydrogen-bond acceptors (Lipinski definition) is 3. The first-order chi connectivity index (χ1) is 8.17. The SMILES string of the molecule is COc1ccc(CCC(=O)N(C)CCO)cc1. The largest absolute Gasteiger partial charge is 0.497 e. The average Bonchev–Trinajstić information content (AvgIpc) is 2.36. The van der Waals surface area contributed by atoms with Gasteiger partial charge in [-0.05, 0) is 24.1 Å². The second-order valence-electron chi connectivity index (χ2n) is 3.89. The van der Waals surface area contributed by atoms with Gasteiger partial charge in [0, 0.05) is 20.0 Å². The molecule has 0 spiro atoms. The van der Waals surface area contributed by atoms with E-state index in [2.05, 4.69) is 0 Å². The van der Waals surface area contributed by atoms with Gasteiger partial charge < -0.3 is 14.7 Å². The van der Waals surface area contributed by atoms with Crippen LogP contribution in [0.4, 0.5) is 0 Å². The number of amides is 1. The van der Waals surface area contributed by atoms with Gasteiger partial charge in [0.15, 0.2) is 0 Å². The predicted octanol–water partition coefficient (Wildman–Crippen LogP) is 1.08. The minimum atomic E-state index is 0.00474. The Hall–Kier alpha value is -1.55. The number of carbonyl (C=O) groups excluding carboxylic acids is 1. The summed E-state index contributed by atoms with van der Waals surface area (Å²) in [5, 5.41) is 8.72. The lowest BCUT2D eigenvalue weighted by Crippen LogP contribution is -2.29. The van der Waals surface area contributed by atoms with Crippen LogP contribution in [0, 0.1) is 0 Å². The number of benzene rings is 1. The Morgan fingerprint density at radius 1 is 1.35 bits per heavy atom. The maximum absolute atomic E-state index is 11.6. The fraction of sp³-hybridized carbons (Fsp3) is 0.462. The highest BCUT2D eigenvalue weighted by atomic mass is 16.5. The zero-order valence-corrected chi connectivity index (χ0v) is 10.3. The van der Waals surface area contributed by atoms with Crippen molar-refractivity contribution in [3.05, 3.63) is 29.8 Å². The van der Waals surface area contributed by atoms with E-state index < -0.39 is 0 Å². The standard InChI is InChI=1S/C13H19NO3/c1-14(9-10-15)13(16)8-5-11-3-6-12(17-2)7-4-11/h3-4,6-7,15H,5,8-10H2,1-2H3. The Labute approximate surface area is 102 Å². The molecule has 1 amide bonds. The molecule has 0 fully saturated rings. The third kappa shape index (κ3) is 4.44. The van der Waals surface area contributed by atoms with Gasteiger partial charge in [0.1, 0.15) is 5.75 Å². The monoisotopic (exact) mass is 237 g/mol. The Kier molecular flexibility index (Phi) is 5.49. The first kappa shape index (κ1) is 13.5. The van der Waals surface area contributed by atoms with Crippen LogP contribution >= 0.6 is 0 Å². The summed E-state index contributed by atoms with van der Waals surface area (Å²) in [4.78, 5) is 13.2. The Bertz CT molecular complexity index is 348. The number of carbonyl (C=O) groups is 1. The van der Waals surface area contributed by atoms with Crippen LogP contribution in [0.5, 0.6) is 5.75 Å². The van der Waals surface area contributed by atoms with Gasteiger partial charge in [-0.1, -0.05) is 12.1 Å². The summed E-state index contributed by atoms with van der Waals surface area (Å²) in [6, 6.07) is 7.69. The van der Waals surface area contributed by atoms with Crippen molar-refractivity contribution in [1.82, 2.24) is 4.90 Å². The molecule has 17 heavy (non-hydrogen) atoms. The molecule has 0 aliphatic heterocycles. The number of nitrogens with zero attached hydrogens (tertiary/aromatic N) is 1. The lowest BCUT2D eigenvalue weighted by molar-refractivity contribution is -0.130. The minimum absolute atomic E-state index is 0.00474. The van der Waals surface area contributed by atoms with Crippen LogP contribution in [0.25, 0.3) is 0 Å². The summed E-state index contributed by atoms with van der Waals surface area (Å²) >= 11 is 0. The van der Waals surface area contributed by atoms with Crippen molar-refractivity contribution < 1.29 is 14.6 Å². The first-order valence-electron chi connectivity index (χ1n) is 5.65. The summed E-state index contributed by atoms with van der Waals surface area (Å²) < 4.78 is 5.06. The predicted molar refractivity (Wildman–Crippen MR) is 66.0 cm³/mol. The molecule has 0 radical (unpaired) electrons. The van der Waals surface area contributed by atoms with Crippen LogP contribution in [0.1, 0.15) is 12.0 Å². The molecule has 0 saturated heterocycles. The number of aliphatic hydroxyl groups is 1. The first-order valence-corrected chi connectivity index (χ1v) is 5.65. The van der Waals surface area contributed by atoms with Crippen molar-refractivity contribution in [1.29, 1.82) is 0 Å². The molecule has 4 nitrogen and oxygen atoms in total. The number of hydrogen-bond donors (Lipinski definition) is 1. The minimum Gasteiger partial charge on any atom is -0.497 e. The molecule has 0 heterocycles. The molecular formula is C13H19NO3. The number of methoxy groups -OCH3 is 1. The number of rotatable bonds is 6. The van der Waals surface area contributed by atoms with Crippen molar-refractivity contribution in [2.75, 3.05) is 27.3 Å². The summed E-state index contributed by atoms with van der Waals surface area (Å²) in [7, 11) is 3.33. The van der Waals surface area contributed by atoms with Crippen LogP contribution in [-0.2, 0) is 11.2 Å². The van der Waals surface area contributed by atoms with Gasteiger partial charge in [0.25, 0.3) is 0 Å². The molecule has 0 aliphatic carbocycles. The summed E-state index contributed by atoms with van der Waals surface area (Å²) in [6.07, 6.45) is 1.17. The summed E-state index contributed by atoms with van der Waals surface area (Å²) in [5.74, 6) is 0.868. The molecule has 0 aliphatic rings. The molecule has 0 unspecified atom stereocenters. The van der Waals surface area contributed by atoms with Crippen molar-refractivity contribution in [2.45, 2.75) is 12.8 Å². The Morgan fingerprint density at radius 2 is 2.00 bits per heavy atom. The normalized spacial score (nSPS) is 10.1. The summed E-state index contributed by atoms with van der Waals surface area (Å²) in [6.45, 7) is 0.395. The van der Waals surface area contributed by atoms with E-state index in [0.717, 1.165) is 11.3 Å². The zero-order valence-electron chi connectivity index (χ0n) is 10.3. The van der Waals surface area contributed by atoms with Gasteiger partial charge in [-0.3, -0.25) is 4.79 Å². The second kappa shape index (κ2) is 6.91. The molecular weight excluding hydrogens is 218 g/mol. The highest BCUT2D eigenvalue weighted by Gasteiger charge is 2.07. The Balaban J connectivity index is 2.41. The van der Waals surface area contributed by atoms with Crippen molar-refractivity contribution in [3.8, 4) is 5.75 Å². The van der Waals surface area contributed by atoms with Crippen molar-refractivity contribution in [3.63, 3.8) is 0 Å². The molecule has 0 bridgehead atoms. The third-order valence-corrected chi connectivity index (χ3v) is 2.65. The van der Waals surface area contributed by atoms with Crippen LogP contribution in [0.2, 0.25) is 0 Å². The van der Waals surface area contributed by atoms with Crippen LogP contribution < -0.4 is 4.74 Å². The molecule has 94 valence electrons. The summed E-state index contributed by atoms with van der Waals surface area (Å²) in [5.41, 5.74) is 1.11. The second-order valence-corrected chi connectivity index (χ2v) is 3.89. The molecule has 1 aromatic carbocycles. The van der Waals surface area contributed by atoms with Gasteiger partial charge in [-0.15, -0.1) is 0 Å². The average molecular weight is 237 g/mol. The fourth-order valence-corrected chi connectivity index (χ4v) is 1.51. The third-order valence-electron chi connectivity index (χ3n) is 2.65. The topological polar surface area (TPSA) is 49.8 Å². The maximum atomic E-state index is 11.6. The lowest BCUT2D eigenvalue weighted by Gasteiger charge is -2.15. The van der Waals surface area contributed by atoms with Crippen molar-refractivity contribution >= 4 is 5.91 Å². The molecule has 1 aromatic rings. The quantitative estimate of drug-likeness (QED) is 0.805. The van der Waals surface area contributed by atoms with E-state index >= 15 is 0 Å². The smallest absolute Gasteiger partial charge is 0.222 e. The number of aliphatic hydroxyl groups excluding tert-OH is 1. The maximum Gasteiger partial charge on any atom is 0.222 e. The molecule has 0 aromatic heterocycles. The van der Waals surface area contributed by atoms with Gasteiger partial charge in [0.2, 0.25) is 5.91 Å². The van der Waals surface area contributed by atoms with E-state index in [1.54, 1.807) is 19.1 Å². The van der Waals surface area contributed by atoms with E-state index in [9.17, 15) is 4.79 Å². The van der Waals surface area contributed by atoms with Gasteiger partial charge >= 0.3 is 0 Å². The number of ether oxygens (including phenoxy) is 1. The Morgan fingerprint density at radius 3 is 2.53 bits per heavy atom.